The van der Waals surface area contributed by atoms with Crippen LogP contribution in [0.1, 0.15) is 5.56 Å². The van der Waals surface area contributed by atoms with Crippen LogP contribution < -0.4 is 5.32 Å². The smallest absolute Gasteiger partial charge is 0.0607 e. The lowest BCUT2D eigenvalue weighted by Gasteiger charge is -2.12. The van der Waals surface area contributed by atoms with E-state index in [1.165, 1.54) is 0 Å². The summed E-state index contributed by atoms with van der Waals surface area (Å²) >= 11 is 5.73. The van der Waals surface area contributed by atoms with Crippen LogP contribution in [0.5, 0.6) is 0 Å². The van der Waals surface area contributed by atoms with E-state index in [4.69, 9.17) is 21.8 Å². The molecule has 0 amide bonds. The molecule has 0 saturated heterocycles. The van der Waals surface area contributed by atoms with Gasteiger partial charge in [-0.1, -0.05) is 23.7 Å². The van der Waals surface area contributed by atoms with Crippen molar-refractivity contribution in [2.45, 2.75) is 12.6 Å². The largest absolute Gasteiger partial charge is 0.395 e. The molecule has 0 aliphatic rings. The van der Waals surface area contributed by atoms with Crippen LogP contribution in [0.4, 0.5) is 0 Å². The molecule has 14 heavy (non-hydrogen) atoms. The highest BCUT2D eigenvalue weighted by Gasteiger charge is 2.03. The minimum Gasteiger partial charge on any atom is -0.395 e. The van der Waals surface area contributed by atoms with E-state index in [0.717, 1.165) is 5.56 Å². The van der Waals surface area contributed by atoms with E-state index >= 15 is 0 Å². The third-order valence-corrected chi connectivity index (χ3v) is 2.20. The number of hydrogen-bond acceptors (Lipinski definition) is 3. The molecule has 0 radical (unpaired) electrons. The van der Waals surface area contributed by atoms with Crippen LogP contribution in [-0.2, 0) is 6.54 Å². The van der Waals surface area contributed by atoms with E-state index in [1.54, 1.807) is 0 Å². The second-order valence-corrected chi connectivity index (χ2v) is 3.51. The summed E-state index contributed by atoms with van der Waals surface area (Å²) in [6, 6.07) is 7.17. The van der Waals surface area contributed by atoms with Crippen LogP contribution in [0.25, 0.3) is 0 Å². The molecule has 0 atom stereocenters. The number of benzene rings is 1. The predicted molar refractivity (Wildman–Crippen MR) is 56.3 cm³/mol. The van der Waals surface area contributed by atoms with Crippen molar-refractivity contribution in [2.24, 2.45) is 0 Å². The summed E-state index contributed by atoms with van der Waals surface area (Å²) in [5.41, 5.74) is 1.07. The molecule has 3 N–H and O–H groups in total. The van der Waals surface area contributed by atoms with Crippen LogP contribution in [-0.4, -0.2) is 29.5 Å². The fourth-order valence-electron chi connectivity index (χ4n) is 1.05. The highest BCUT2D eigenvalue weighted by atomic mass is 35.5. The molecule has 0 heterocycles. The molecule has 0 spiro atoms. The van der Waals surface area contributed by atoms with Crippen LogP contribution in [0.2, 0.25) is 5.02 Å². The summed E-state index contributed by atoms with van der Waals surface area (Å²) < 4.78 is 0. The Bertz CT molecular complexity index is 259. The topological polar surface area (TPSA) is 52.5 Å². The van der Waals surface area contributed by atoms with Gasteiger partial charge in [0.05, 0.1) is 19.3 Å². The normalized spacial score (nSPS) is 10.9. The zero-order chi connectivity index (χ0) is 10.4. The maximum absolute atomic E-state index is 8.80. The summed E-state index contributed by atoms with van der Waals surface area (Å²) in [5.74, 6) is 0. The second-order valence-electron chi connectivity index (χ2n) is 3.07. The zero-order valence-electron chi connectivity index (χ0n) is 7.78. The first kappa shape index (κ1) is 11.5. The number of aliphatic hydroxyl groups excluding tert-OH is 2. The van der Waals surface area contributed by atoms with Gasteiger partial charge >= 0.3 is 0 Å². The average molecular weight is 216 g/mol. The van der Waals surface area contributed by atoms with Gasteiger partial charge in [-0.3, -0.25) is 0 Å². The van der Waals surface area contributed by atoms with Crippen molar-refractivity contribution in [1.82, 2.24) is 5.32 Å². The third-order valence-electron chi connectivity index (χ3n) is 1.95. The zero-order valence-corrected chi connectivity index (χ0v) is 8.54. The lowest BCUT2D eigenvalue weighted by atomic mass is 10.2. The van der Waals surface area contributed by atoms with Gasteiger partial charge in [0.2, 0.25) is 0 Å². The van der Waals surface area contributed by atoms with E-state index in [1.807, 2.05) is 24.3 Å². The summed E-state index contributed by atoms with van der Waals surface area (Å²) in [6.45, 7) is 0.483. The van der Waals surface area contributed by atoms with Crippen molar-refractivity contribution in [3.05, 3.63) is 34.9 Å². The van der Waals surface area contributed by atoms with Gasteiger partial charge in [-0.15, -0.1) is 0 Å². The first-order chi connectivity index (χ1) is 6.76. The Hall–Kier alpha value is -0.610. The standard InChI is InChI=1S/C10H14ClNO2/c11-9-3-1-8(2-4-9)5-12-10(6-13)7-14/h1-4,10,12-14H,5-7H2. The summed E-state index contributed by atoms with van der Waals surface area (Å²) in [4.78, 5) is 0. The Balaban J connectivity index is 2.41. The molecule has 0 aliphatic heterocycles. The van der Waals surface area contributed by atoms with E-state index < -0.39 is 0 Å². The summed E-state index contributed by atoms with van der Waals surface area (Å²) in [6.07, 6.45) is 0. The maximum Gasteiger partial charge on any atom is 0.0607 e. The van der Waals surface area contributed by atoms with Crippen molar-refractivity contribution in [3.8, 4) is 0 Å². The molecular formula is C10H14ClNO2. The predicted octanol–water partition coefficient (Wildman–Crippen LogP) is 0.783. The summed E-state index contributed by atoms with van der Waals surface area (Å²) in [5, 5.41) is 21.3. The van der Waals surface area contributed by atoms with Crippen LogP contribution in [0.15, 0.2) is 24.3 Å². The molecule has 0 aromatic heterocycles. The molecule has 0 aliphatic carbocycles. The van der Waals surface area contributed by atoms with Gasteiger partial charge < -0.3 is 15.5 Å². The fraction of sp³-hybridized carbons (Fsp3) is 0.400. The van der Waals surface area contributed by atoms with E-state index in [9.17, 15) is 0 Å². The Morgan fingerprint density at radius 2 is 1.71 bits per heavy atom. The number of nitrogens with one attached hydrogen (secondary N) is 1. The Labute approximate surface area is 88.3 Å². The molecule has 78 valence electrons. The van der Waals surface area contributed by atoms with Crippen molar-refractivity contribution in [1.29, 1.82) is 0 Å². The number of aliphatic hydroxyl groups is 2. The number of hydrogen-bond donors (Lipinski definition) is 3. The minimum absolute atomic E-state index is 0.0654. The lowest BCUT2D eigenvalue weighted by Crippen LogP contribution is -2.35. The molecular weight excluding hydrogens is 202 g/mol. The Kier molecular flexibility index (Phi) is 4.90. The Morgan fingerprint density at radius 1 is 1.14 bits per heavy atom. The van der Waals surface area contributed by atoms with E-state index in [-0.39, 0.29) is 19.3 Å². The minimum atomic E-state index is -0.259. The quantitative estimate of drug-likeness (QED) is 0.681. The van der Waals surface area contributed by atoms with Crippen molar-refractivity contribution in [3.63, 3.8) is 0 Å². The van der Waals surface area contributed by atoms with Gasteiger partial charge in [-0.25, -0.2) is 0 Å². The van der Waals surface area contributed by atoms with Crippen molar-refractivity contribution >= 4 is 11.6 Å². The van der Waals surface area contributed by atoms with Crippen molar-refractivity contribution in [2.75, 3.05) is 13.2 Å². The maximum atomic E-state index is 8.80. The molecule has 3 nitrogen and oxygen atoms in total. The lowest BCUT2D eigenvalue weighted by molar-refractivity contribution is 0.170. The fourth-order valence-corrected chi connectivity index (χ4v) is 1.18. The van der Waals surface area contributed by atoms with Gasteiger partial charge in [0, 0.05) is 11.6 Å². The molecule has 0 fully saturated rings. The van der Waals surface area contributed by atoms with Crippen molar-refractivity contribution < 1.29 is 10.2 Å². The van der Waals surface area contributed by atoms with Gasteiger partial charge in [-0.2, -0.15) is 0 Å². The summed E-state index contributed by atoms with van der Waals surface area (Å²) in [7, 11) is 0. The van der Waals surface area contributed by atoms with Crippen LogP contribution >= 0.6 is 11.6 Å². The van der Waals surface area contributed by atoms with Crippen LogP contribution in [0, 0.1) is 0 Å². The monoisotopic (exact) mass is 215 g/mol. The van der Waals surface area contributed by atoms with E-state index in [0.29, 0.717) is 11.6 Å². The molecule has 1 rings (SSSR count). The molecule has 1 aromatic rings. The number of rotatable bonds is 5. The van der Waals surface area contributed by atoms with E-state index in [2.05, 4.69) is 5.32 Å². The first-order valence-corrected chi connectivity index (χ1v) is 4.83. The highest BCUT2D eigenvalue weighted by molar-refractivity contribution is 6.30. The Morgan fingerprint density at radius 3 is 2.21 bits per heavy atom. The van der Waals surface area contributed by atoms with Gasteiger partial charge in [0.1, 0.15) is 0 Å². The third kappa shape index (κ3) is 3.64. The molecule has 4 heteroatoms. The number of halogens is 1. The average Bonchev–Trinajstić information content (AvgIpc) is 2.22. The van der Waals surface area contributed by atoms with Gasteiger partial charge in [-0.05, 0) is 17.7 Å². The van der Waals surface area contributed by atoms with Crippen LogP contribution in [0.3, 0.4) is 0 Å². The second kappa shape index (κ2) is 5.98. The first-order valence-electron chi connectivity index (χ1n) is 4.46. The molecule has 1 aromatic carbocycles. The molecule has 0 unspecified atom stereocenters. The van der Waals surface area contributed by atoms with Gasteiger partial charge in [0.25, 0.3) is 0 Å². The molecule has 0 bridgehead atoms. The molecule has 0 saturated carbocycles. The highest BCUT2D eigenvalue weighted by Crippen LogP contribution is 2.09. The van der Waals surface area contributed by atoms with Gasteiger partial charge in [0.15, 0.2) is 0 Å². The SMILES string of the molecule is OCC(CO)NCc1ccc(Cl)cc1.